The van der Waals surface area contributed by atoms with E-state index in [-0.39, 0.29) is 11.9 Å². The van der Waals surface area contributed by atoms with Gasteiger partial charge in [0.15, 0.2) is 0 Å². The van der Waals surface area contributed by atoms with E-state index in [4.69, 9.17) is 0 Å². The number of hydrogen-bond donors (Lipinski definition) is 1. The van der Waals surface area contributed by atoms with Crippen LogP contribution in [0, 0.1) is 13.8 Å². The molecular formula is C18H29N3O3S. The van der Waals surface area contributed by atoms with Crippen molar-refractivity contribution in [2.24, 2.45) is 0 Å². The first-order chi connectivity index (χ1) is 11.6. The first-order valence-electron chi connectivity index (χ1n) is 8.65. The number of nitrogens with one attached hydrogen (secondary N) is 1. The van der Waals surface area contributed by atoms with Gasteiger partial charge in [0.05, 0.1) is 11.9 Å². The Kier molecular flexibility index (Phi) is 6.11. The highest BCUT2D eigenvalue weighted by Crippen LogP contribution is 2.26. The molecule has 0 aliphatic carbocycles. The summed E-state index contributed by atoms with van der Waals surface area (Å²) < 4.78 is 26.1. The van der Waals surface area contributed by atoms with Gasteiger partial charge in [-0.1, -0.05) is 12.1 Å². The van der Waals surface area contributed by atoms with Crippen molar-refractivity contribution in [1.82, 2.24) is 10.2 Å². The molecule has 0 bridgehead atoms. The number of carbonyl (C=O) groups excluding carboxylic acids is 1. The molecule has 1 aromatic carbocycles. The second-order valence-corrected chi connectivity index (χ2v) is 8.97. The second kappa shape index (κ2) is 7.74. The number of anilines is 1. The Bertz CT molecular complexity index is 725. The van der Waals surface area contributed by atoms with Gasteiger partial charge in [-0.3, -0.25) is 9.10 Å². The zero-order valence-corrected chi connectivity index (χ0v) is 16.6. The van der Waals surface area contributed by atoms with E-state index in [1.807, 2.05) is 32.0 Å². The van der Waals surface area contributed by atoms with E-state index in [1.54, 1.807) is 6.92 Å². The maximum atomic E-state index is 12.7. The van der Waals surface area contributed by atoms with E-state index < -0.39 is 16.1 Å². The summed E-state index contributed by atoms with van der Waals surface area (Å²) in [6, 6.07) is 4.93. The molecule has 1 aromatic rings. The number of piperidine rings is 1. The number of hydrogen-bond acceptors (Lipinski definition) is 4. The summed E-state index contributed by atoms with van der Waals surface area (Å²) in [4.78, 5) is 14.9. The number of rotatable bonds is 5. The van der Waals surface area contributed by atoms with Gasteiger partial charge < -0.3 is 10.2 Å². The van der Waals surface area contributed by atoms with Crippen molar-refractivity contribution in [3.8, 4) is 0 Å². The van der Waals surface area contributed by atoms with Gasteiger partial charge in [-0.05, 0) is 70.9 Å². The third kappa shape index (κ3) is 4.95. The quantitative estimate of drug-likeness (QED) is 0.859. The van der Waals surface area contributed by atoms with Crippen molar-refractivity contribution in [2.45, 2.75) is 45.7 Å². The molecule has 1 atom stereocenters. The van der Waals surface area contributed by atoms with E-state index in [1.165, 1.54) is 4.31 Å². The SMILES string of the molecule is Cc1ccc(C)c(N([C@@H](C)C(=O)NC2CCN(C)CC2)S(C)(=O)=O)c1. The van der Waals surface area contributed by atoms with Crippen LogP contribution in [0.5, 0.6) is 0 Å². The Balaban J connectivity index is 2.23. The highest BCUT2D eigenvalue weighted by atomic mass is 32.2. The molecule has 0 radical (unpaired) electrons. The van der Waals surface area contributed by atoms with Crippen molar-refractivity contribution >= 4 is 21.6 Å². The molecule has 1 saturated heterocycles. The lowest BCUT2D eigenvalue weighted by Gasteiger charge is -2.33. The van der Waals surface area contributed by atoms with Crippen LogP contribution < -0.4 is 9.62 Å². The maximum absolute atomic E-state index is 12.7. The summed E-state index contributed by atoms with van der Waals surface area (Å²) in [5.74, 6) is -0.249. The van der Waals surface area contributed by atoms with E-state index in [0.717, 1.165) is 43.3 Å². The number of aryl methyl sites for hydroxylation is 2. The summed E-state index contributed by atoms with van der Waals surface area (Å²) in [7, 11) is -1.52. The van der Waals surface area contributed by atoms with Crippen LogP contribution in [0.3, 0.4) is 0 Å². The summed E-state index contributed by atoms with van der Waals surface area (Å²) in [5, 5.41) is 3.02. The molecule has 0 spiro atoms. The Hall–Kier alpha value is -1.60. The zero-order chi connectivity index (χ0) is 18.8. The summed E-state index contributed by atoms with van der Waals surface area (Å²) in [6.45, 7) is 7.28. The predicted molar refractivity (Wildman–Crippen MR) is 101 cm³/mol. The fraction of sp³-hybridized carbons (Fsp3) is 0.611. The van der Waals surface area contributed by atoms with Crippen LogP contribution in [0.1, 0.15) is 30.9 Å². The van der Waals surface area contributed by atoms with E-state index in [2.05, 4.69) is 17.3 Å². The highest BCUT2D eigenvalue weighted by molar-refractivity contribution is 7.92. The average Bonchev–Trinajstić information content (AvgIpc) is 2.51. The topological polar surface area (TPSA) is 69.7 Å². The van der Waals surface area contributed by atoms with E-state index >= 15 is 0 Å². The molecule has 2 rings (SSSR count). The Labute approximate surface area is 151 Å². The number of carbonyl (C=O) groups is 1. The lowest BCUT2D eigenvalue weighted by Crippen LogP contribution is -2.52. The van der Waals surface area contributed by atoms with Crippen molar-refractivity contribution < 1.29 is 13.2 Å². The Morgan fingerprint density at radius 1 is 1.28 bits per heavy atom. The minimum atomic E-state index is -3.59. The standard InChI is InChI=1S/C18H29N3O3S/c1-13-6-7-14(2)17(12-13)21(25(5,23)24)15(3)18(22)19-16-8-10-20(4)11-9-16/h6-7,12,15-16H,8-11H2,1-5H3,(H,19,22)/t15-/m0/s1. The molecule has 25 heavy (non-hydrogen) atoms. The van der Waals surface area contributed by atoms with Crippen molar-refractivity contribution in [1.29, 1.82) is 0 Å². The van der Waals surface area contributed by atoms with Crippen LogP contribution in [0.15, 0.2) is 18.2 Å². The lowest BCUT2D eigenvalue weighted by atomic mass is 10.0. The second-order valence-electron chi connectivity index (χ2n) is 7.11. The number of likely N-dealkylation sites (tertiary alicyclic amines) is 1. The summed E-state index contributed by atoms with van der Waals surface area (Å²) >= 11 is 0. The number of sulfonamides is 1. The number of amides is 1. The van der Waals surface area contributed by atoms with Gasteiger partial charge >= 0.3 is 0 Å². The van der Waals surface area contributed by atoms with Crippen LogP contribution in [-0.4, -0.2) is 57.7 Å². The van der Waals surface area contributed by atoms with Crippen LogP contribution in [0.25, 0.3) is 0 Å². The molecule has 6 nitrogen and oxygen atoms in total. The summed E-state index contributed by atoms with van der Waals surface area (Å²) in [5.41, 5.74) is 2.35. The Morgan fingerprint density at radius 3 is 2.44 bits per heavy atom. The van der Waals surface area contributed by atoms with Gasteiger partial charge in [-0.25, -0.2) is 8.42 Å². The third-order valence-corrected chi connectivity index (χ3v) is 5.98. The van der Waals surface area contributed by atoms with E-state index in [0.29, 0.717) is 5.69 Å². The minimum Gasteiger partial charge on any atom is -0.351 e. The minimum absolute atomic E-state index is 0.103. The van der Waals surface area contributed by atoms with Crippen LogP contribution in [0.4, 0.5) is 5.69 Å². The van der Waals surface area contributed by atoms with Crippen molar-refractivity contribution in [3.63, 3.8) is 0 Å². The molecule has 1 heterocycles. The molecule has 1 aliphatic heterocycles. The van der Waals surface area contributed by atoms with Crippen LogP contribution in [0.2, 0.25) is 0 Å². The number of nitrogens with zero attached hydrogens (tertiary/aromatic N) is 2. The molecular weight excluding hydrogens is 338 g/mol. The van der Waals surface area contributed by atoms with Crippen LogP contribution >= 0.6 is 0 Å². The van der Waals surface area contributed by atoms with Crippen molar-refractivity contribution in [2.75, 3.05) is 30.7 Å². The lowest BCUT2D eigenvalue weighted by molar-refractivity contribution is -0.122. The van der Waals surface area contributed by atoms with Gasteiger partial charge in [0.2, 0.25) is 15.9 Å². The largest absolute Gasteiger partial charge is 0.351 e. The molecule has 7 heteroatoms. The molecule has 1 N–H and O–H groups in total. The molecule has 1 fully saturated rings. The Morgan fingerprint density at radius 2 is 1.88 bits per heavy atom. The van der Waals surface area contributed by atoms with Gasteiger partial charge in [-0.15, -0.1) is 0 Å². The van der Waals surface area contributed by atoms with Gasteiger partial charge in [0, 0.05) is 6.04 Å². The van der Waals surface area contributed by atoms with Gasteiger partial charge in [0.1, 0.15) is 6.04 Å². The highest BCUT2D eigenvalue weighted by Gasteiger charge is 2.31. The third-order valence-electron chi connectivity index (χ3n) is 4.76. The smallest absolute Gasteiger partial charge is 0.243 e. The normalized spacial score (nSPS) is 18.0. The van der Waals surface area contributed by atoms with Crippen molar-refractivity contribution in [3.05, 3.63) is 29.3 Å². The molecule has 0 aromatic heterocycles. The molecule has 0 saturated carbocycles. The molecule has 1 amide bonds. The fourth-order valence-electron chi connectivity index (χ4n) is 3.21. The van der Waals surface area contributed by atoms with Crippen LogP contribution in [-0.2, 0) is 14.8 Å². The van der Waals surface area contributed by atoms with E-state index in [9.17, 15) is 13.2 Å². The summed E-state index contributed by atoms with van der Waals surface area (Å²) in [6.07, 6.45) is 2.92. The predicted octanol–water partition coefficient (Wildman–Crippen LogP) is 1.67. The average molecular weight is 368 g/mol. The molecule has 140 valence electrons. The monoisotopic (exact) mass is 367 g/mol. The zero-order valence-electron chi connectivity index (χ0n) is 15.7. The number of benzene rings is 1. The fourth-order valence-corrected chi connectivity index (χ4v) is 4.44. The maximum Gasteiger partial charge on any atom is 0.243 e. The molecule has 1 aliphatic rings. The molecule has 0 unspecified atom stereocenters. The first-order valence-corrected chi connectivity index (χ1v) is 10.5. The first kappa shape index (κ1) is 19.7. The van der Waals surface area contributed by atoms with Gasteiger partial charge in [0.25, 0.3) is 0 Å². The van der Waals surface area contributed by atoms with Gasteiger partial charge in [-0.2, -0.15) is 0 Å².